The highest BCUT2D eigenvalue weighted by molar-refractivity contribution is 5.97. The standard InChI is InChI=1S/C30H24FN3O4/c1-18-16-21(31)7-12-25(18)34-19(2)4-10-23(30(34)36)26(35)17-20-5-8-22(9-6-20)38-27-14-15-32-24-11-13-28(37-3)33-29(24)27/h4-16H,17H2,1-3H3. The molecule has 3 aromatic heterocycles. The highest BCUT2D eigenvalue weighted by Crippen LogP contribution is 2.29. The Morgan fingerprint density at radius 3 is 2.50 bits per heavy atom. The van der Waals surface area contributed by atoms with Crippen LogP contribution in [0.5, 0.6) is 17.4 Å². The average Bonchev–Trinajstić information content (AvgIpc) is 2.91. The molecule has 7 nitrogen and oxygen atoms in total. The fourth-order valence-electron chi connectivity index (χ4n) is 4.27. The number of hydrogen-bond acceptors (Lipinski definition) is 6. The Bertz CT molecular complexity index is 1730. The van der Waals surface area contributed by atoms with Crippen LogP contribution in [0, 0.1) is 19.7 Å². The topological polar surface area (TPSA) is 83.3 Å². The van der Waals surface area contributed by atoms with E-state index in [1.807, 2.05) is 0 Å². The fourth-order valence-corrected chi connectivity index (χ4v) is 4.27. The number of fused-ring (bicyclic) bond motifs is 1. The van der Waals surface area contributed by atoms with Crippen molar-refractivity contribution >= 4 is 16.8 Å². The van der Waals surface area contributed by atoms with Gasteiger partial charge in [0.25, 0.3) is 5.56 Å². The van der Waals surface area contributed by atoms with Gasteiger partial charge < -0.3 is 9.47 Å². The zero-order chi connectivity index (χ0) is 26.8. The third kappa shape index (κ3) is 4.88. The molecule has 0 aliphatic rings. The van der Waals surface area contributed by atoms with E-state index in [4.69, 9.17) is 9.47 Å². The van der Waals surface area contributed by atoms with Crippen molar-refractivity contribution < 1.29 is 18.7 Å². The number of nitrogens with zero attached hydrogens (tertiary/aromatic N) is 3. The Morgan fingerprint density at radius 2 is 1.76 bits per heavy atom. The van der Waals surface area contributed by atoms with Crippen molar-refractivity contribution in [2.24, 2.45) is 0 Å². The van der Waals surface area contributed by atoms with Crippen molar-refractivity contribution in [2.45, 2.75) is 20.3 Å². The Balaban J connectivity index is 1.37. The van der Waals surface area contributed by atoms with Crippen LogP contribution in [0.25, 0.3) is 16.7 Å². The van der Waals surface area contributed by atoms with Crippen molar-refractivity contribution in [1.82, 2.24) is 14.5 Å². The van der Waals surface area contributed by atoms with Gasteiger partial charge in [-0.15, -0.1) is 0 Å². The summed E-state index contributed by atoms with van der Waals surface area (Å²) in [7, 11) is 1.54. The molecule has 0 aliphatic carbocycles. The van der Waals surface area contributed by atoms with Gasteiger partial charge in [-0.2, -0.15) is 0 Å². The first-order valence-corrected chi connectivity index (χ1v) is 11.9. The van der Waals surface area contributed by atoms with E-state index in [1.165, 1.54) is 16.7 Å². The van der Waals surface area contributed by atoms with E-state index in [1.54, 1.807) is 87.8 Å². The lowest BCUT2D eigenvalue weighted by Crippen LogP contribution is -2.27. The van der Waals surface area contributed by atoms with Crippen LogP contribution in [0.1, 0.15) is 27.2 Å². The molecule has 0 unspecified atom stereocenters. The summed E-state index contributed by atoms with van der Waals surface area (Å²) in [6, 6.07) is 19.8. The number of carbonyl (C=O) groups is 1. The van der Waals surface area contributed by atoms with Crippen LogP contribution in [-0.2, 0) is 6.42 Å². The normalized spacial score (nSPS) is 10.9. The highest BCUT2D eigenvalue weighted by Gasteiger charge is 2.17. The van der Waals surface area contributed by atoms with Gasteiger partial charge in [-0.05, 0) is 73.5 Å². The van der Waals surface area contributed by atoms with Gasteiger partial charge in [0, 0.05) is 30.4 Å². The zero-order valence-electron chi connectivity index (χ0n) is 21.1. The molecule has 0 atom stereocenters. The lowest BCUT2D eigenvalue weighted by atomic mass is 10.0. The van der Waals surface area contributed by atoms with Crippen molar-refractivity contribution in [3.63, 3.8) is 0 Å². The minimum Gasteiger partial charge on any atom is -0.481 e. The van der Waals surface area contributed by atoms with Crippen LogP contribution < -0.4 is 15.0 Å². The first-order chi connectivity index (χ1) is 18.3. The number of aromatic nitrogens is 3. The molecule has 0 fully saturated rings. The number of ketones is 1. The summed E-state index contributed by atoms with van der Waals surface area (Å²) in [5.74, 6) is 0.837. The summed E-state index contributed by atoms with van der Waals surface area (Å²) < 4.78 is 26.3. The summed E-state index contributed by atoms with van der Waals surface area (Å²) in [4.78, 5) is 35.1. The summed E-state index contributed by atoms with van der Waals surface area (Å²) in [6.45, 7) is 3.50. The molecule has 0 amide bonds. The van der Waals surface area contributed by atoms with Crippen LogP contribution >= 0.6 is 0 Å². The second-order valence-corrected chi connectivity index (χ2v) is 8.84. The number of rotatable bonds is 7. The predicted molar refractivity (Wildman–Crippen MR) is 142 cm³/mol. The van der Waals surface area contributed by atoms with E-state index in [2.05, 4.69) is 9.97 Å². The molecular weight excluding hydrogens is 485 g/mol. The minimum atomic E-state index is -0.433. The smallest absolute Gasteiger partial charge is 0.266 e. The molecule has 0 radical (unpaired) electrons. The fraction of sp³-hybridized carbons (Fsp3) is 0.133. The second-order valence-electron chi connectivity index (χ2n) is 8.84. The number of hydrogen-bond donors (Lipinski definition) is 0. The van der Waals surface area contributed by atoms with E-state index < -0.39 is 5.56 Å². The van der Waals surface area contributed by atoms with Gasteiger partial charge in [0.2, 0.25) is 5.88 Å². The number of ether oxygens (including phenoxy) is 2. The number of aryl methyl sites for hydroxylation is 2. The molecule has 38 heavy (non-hydrogen) atoms. The van der Waals surface area contributed by atoms with Gasteiger partial charge in [0.15, 0.2) is 11.5 Å². The van der Waals surface area contributed by atoms with Crippen LogP contribution in [0.2, 0.25) is 0 Å². The van der Waals surface area contributed by atoms with Gasteiger partial charge in [-0.3, -0.25) is 19.1 Å². The SMILES string of the molecule is COc1ccc2nccc(Oc3ccc(CC(=O)c4ccc(C)n(-c5ccc(F)cc5C)c4=O)cc3)c2n1. The van der Waals surface area contributed by atoms with Gasteiger partial charge in [0.1, 0.15) is 17.1 Å². The largest absolute Gasteiger partial charge is 0.481 e. The molecule has 5 rings (SSSR count). The number of methoxy groups -OCH3 is 1. The first kappa shape index (κ1) is 24.8. The second kappa shape index (κ2) is 10.3. The molecule has 3 heterocycles. The third-order valence-corrected chi connectivity index (χ3v) is 6.22. The van der Waals surface area contributed by atoms with Crippen LogP contribution in [0.15, 0.2) is 83.8 Å². The van der Waals surface area contributed by atoms with Gasteiger partial charge in [0.05, 0.1) is 23.9 Å². The summed E-state index contributed by atoms with van der Waals surface area (Å²) in [5.41, 5.74) is 3.40. The van der Waals surface area contributed by atoms with E-state index in [9.17, 15) is 14.0 Å². The average molecular weight is 510 g/mol. The Kier molecular flexibility index (Phi) is 6.70. The Hall–Kier alpha value is -4.85. The number of pyridine rings is 3. The number of Topliss-reactive ketones (excluding diaryl/α,β-unsaturated/α-hetero) is 1. The molecule has 0 spiro atoms. The maximum Gasteiger partial charge on any atom is 0.266 e. The molecule has 190 valence electrons. The van der Waals surface area contributed by atoms with Crippen molar-refractivity contribution in [3.05, 3.63) is 118 Å². The maximum atomic E-state index is 13.6. The van der Waals surface area contributed by atoms with Crippen molar-refractivity contribution in [2.75, 3.05) is 7.11 Å². The van der Waals surface area contributed by atoms with E-state index in [0.717, 1.165) is 5.56 Å². The minimum absolute atomic E-state index is 0.0396. The monoisotopic (exact) mass is 509 g/mol. The molecule has 0 aliphatic heterocycles. The van der Waals surface area contributed by atoms with Gasteiger partial charge >= 0.3 is 0 Å². The molecule has 0 saturated carbocycles. The van der Waals surface area contributed by atoms with Crippen LogP contribution in [0.4, 0.5) is 4.39 Å². The molecule has 0 saturated heterocycles. The zero-order valence-corrected chi connectivity index (χ0v) is 21.1. The quantitative estimate of drug-likeness (QED) is 0.259. The lowest BCUT2D eigenvalue weighted by molar-refractivity contribution is 0.0991. The summed E-state index contributed by atoms with van der Waals surface area (Å²) >= 11 is 0. The molecule has 0 bridgehead atoms. The van der Waals surface area contributed by atoms with Crippen LogP contribution in [-0.4, -0.2) is 27.4 Å². The van der Waals surface area contributed by atoms with E-state index >= 15 is 0 Å². The van der Waals surface area contributed by atoms with Crippen molar-refractivity contribution in [3.8, 4) is 23.1 Å². The third-order valence-electron chi connectivity index (χ3n) is 6.22. The highest BCUT2D eigenvalue weighted by atomic mass is 19.1. The molecule has 0 N–H and O–H groups in total. The summed E-state index contributed by atoms with van der Waals surface area (Å²) in [5, 5.41) is 0. The Labute approximate surface area is 218 Å². The Morgan fingerprint density at radius 1 is 0.974 bits per heavy atom. The molecule has 8 heteroatoms. The predicted octanol–water partition coefficient (Wildman–Crippen LogP) is 5.76. The summed E-state index contributed by atoms with van der Waals surface area (Å²) in [6.07, 6.45) is 1.68. The van der Waals surface area contributed by atoms with E-state index in [0.29, 0.717) is 45.4 Å². The number of benzene rings is 2. The van der Waals surface area contributed by atoms with Gasteiger partial charge in [-0.25, -0.2) is 9.37 Å². The maximum absolute atomic E-state index is 13.6. The number of carbonyl (C=O) groups excluding carboxylic acids is 1. The van der Waals surface area contributed by atoms with E-state index in [-0.39, 0.29) is 23.6 Å². The van der Waals surface area contributed by atoms with Crippen LogP contribution in [0.3, 0.4) is 0 Å². The molecule has 2 aromatic carbocycles. The molecule has 5 aromatic rings. The molecular formula is C30H24FN3O4. The first-order valence-electron chi connectivity index (χ1n) is 11.9. The van der Waals surface area contributed by atoms with Crippen molar-refractivity contribution in [1.29, 1.82) is 0 Å². The number of halogens is 1. The van der Waals surface area contributed by atoms with Gasteiger partial charge in [-0.1, -0.05) is 12.1 Å². The lowest BCUT2D eigenvalue weighted by Gasteiger charge is -2.14.